The number of amides is 16. The molecule has 0 radical (unpaired) electrons. The van der Waals surface area contributed by atoms with E-state index >= 15 is 19.2 Å². The summed E-state index contributed by atoms with van der Waals surface area (Å²) in [6.07, 6.45) is -4.65. The van der Waals surface area contributed by atoms with Crippen LogP contribution in [0.4, 0.5) is 0 Å². The number of nitrogens with two attached hydrogens (primary N) is 5. The molecule has 114 heavy (non-hydrogen) atoms. The van der Waals surface area contributed by atoms with Gasteiger partial charge in [-0.25, -0.2) is 4.79 Å². The first-order valence-corrected chi connectivity index (χ1v) is 37.4. The number of para-hydroxylation sites is 2. The van der Waals surface area contributed by atoms with E-state index in [4.69, 9.17) is 28.7 Å². The maximum Gasteiger partial charge on any atom is 0.335 e. The summed E-state index contributed by atoms with van der Waals surface area (Å²) in [6, 6.07) is 0.918. The number of aromatic carboxylic acids is 1. The van der Waals surface area contributed by atoms with E-state index in [9.17, 15) is 82.4 Å². The van der Waals surface area contributed by atoms with Gasteiger partial charge in [0.1, 0.15) is 66.0 Å². The third-order valence-electron chi connectivity index (χ3n) is 18.4. The van der Waals surface area contributed by atoms with E-state index in [0.717, 1.165) is 25.6 Å². The van der Waals surface area contributed by atoms with E-state index in [2.05, 4.69) is 73.8 Å². The first-order valence-electron chi connectivity index (χ1n) is 36.3. The Bertz CT molecular complexity index is 4380. The van der Waals surface area contributed by atoms with Crippen molar-refractivity contribution >= 4 is 140 Å². The molecule has 0 spiro atoms. The Hall–Kier alpha value is -12.5. The molecule has 1 fully saturated rings. The molecule has 616 valence electrons. The van der Waals surface area contributed by atoms with Crippen molar-refractivity contribution in [3.63, 3.8) is 0 Å². The van der Waals surface area contributed by atoms with Crippen molar-refractivity contribution in [3.8, 4) is 0 Å². The van der Waals surface area contributed by atoms with Gasteiger partial charge >= 0.3 is 11.9 Å². The zero-order valence-corrected chi connectivity index (χ0v) is 63.5. The van der Waals surface area contributed by atoms with Gasteiger partial charge in [0, 0.05) is 85.4 Å². The number of aromatic nitrogens is 2. The number of aliphatic hydroxyl groups excluding tert-OH is 1. The minimum absolute atomic E-state index is 0.0681. The number of thioether (sulfide) groups is 1. The largest absolute Gasteiger partial charge is 0.481 e. The van der Waals surface area contributed by atoms with Gasteiger partial charge in [-0.3, -0.25) is 81.5 Å². The summed E-state index contributed by atoms with van der Waals surface area (Å²) in [6.45, 7) is 2.77. The Kier molecular flexibility index (Phi) is 34.3. The van der Waals surface area contributed by atoms with Crippen molar-refractivity contribution in [2.24, 2.45) is 28.7 Å². The van der Waals surface area contributed by atoms with Gasteiger partial charge < -0.3 is 118 Å². The molecular formula is C73H97N19O21S. The summed E-state index contributed by atoms with van der Waals surface area (Å²) in [7, 11) is 0. The second kappa shape index (κ2) is 43.3. The molecule has 12 atom stereocenters. The number of hydrogen-bond acceptors (Lipinski definition) is 21. The number of nitrogens with one attached hydrogen (secondary N) is 14. The maximum absolute atomic E-state index is 15.6. The number of rotatable bonds is 37. The number of hydrogen-bond donors (Lipinski definition) is 22. The standard InChI is InChI=1S/C73H97N19O21S/c1-36(93)60-70(110)88-51(29-40-32-79-44-12-6-4-10-42(40)44)67(107)84-46(18-21-55(75)95)62(102)89-54(35-114-27-24-49(82-37(2)94)64(104)83-47(65(105)91-60)19-22-56(76)96)68(108)85-50(28-38-14-16-39(17-15-38)71(111)112)66(106)86-52(30-41-33-80-45-13-7-5-11-43(41)45)69(109)92-73(3,25-8-9-26-74)72(113)90-48(20-23-59(99)100)63(103)87-53(31-57(77)97)61(101)81-34-58(78)98/h4-7,10-17,32-33,36,46-54,60,79-80,93H,8-9,18-31,34-35,74H2,1-3H3,(H2,75,95)(H2,76,96)(H2,77,97)(H2,78,98)(H,81,101)(H,82,94)(H,83,104)(H,84,107)(H,85,108)(H,86,106)(H,87,103)(H,88,110)(H,89,102)(H,90,113)(H,91,105)(H,92,109)(H,99,100)(H,111,112)/t36-,46+,47+,48+,49+,50+,51+,52+,53+,54+,60+,73+/m1/s1. The fraction of sp³-hybridized carbons (Fsp3) is 0.452. The van der Waals surface area contributed by atoms with E-state index in [1.54, 1.807) is 48.5 Å². The number of aromatic amines is 2. The topological polar surface area (TPSA) is 674 Å². The van der Waals surface area contributed by atoms with Gasteiger partial charge in [0.05, 0.1) is 24.6 Å². The van der Waals surface area contributed by atoms with Crippen LogP contribution in [0.25, 0.3) is 21.8 Å². The minimum atomic E-state index is -2.13. The molecule has 1 aliphatic heterocycles. The third kappa shape index (κ3) is 28.0. The summed E-state index contributed by atoms with van der Waals surface area (Å²) in [5.74, 6) is -20.7. The molecule has 1 aliphatic rings. The number of H-pyrrole nitrogens is 2. The van der Waals surface area contributed by atoms with Crippen molar-refractivity contribution < 1.29 is 102 Å². The summed E-state index contributed by atoms with van der Waals surface area (Å²) >= 11 is 0.875. The predicted molar refractivity (Wildman–Crippen MR) is 409 cm³/mol. The van der Waals surface area contributed by atoms with Crippen molar-refractivity contribution in [2.75, 3.05) is 24.6 Å². The summed E-state index contributed by atoms with van der Waals surface area (Å²) < 4.78 is 0. The lowest BCUT2D eigenvalue weighted by Gasteiger charge is -2.34. The molecule has 40 nitrogen and oxygen atoms in total. The zero-order valence-electron chi connectivity index (χ0n) is 62.6. The maximum atomic E-state index is 15.6. The quantitative estimate of drug-likeness (QED) is 0.0165. The number of carbonyl (C=O) groups excluding carboxylic acids is 16. The van der Waals surface area contributed by atoms with Gasteiger partial charge in [-0.05, 0) is 112 Å². The molecule has 6 rings (SSSR count). The van der Waals surface area contributed by atoms with Gasteiger partial charge in [-0.1, -0.05) is 48.5 Å². The summed E-state index contributed by atoms with van der Waals surface area (Å²) in [4.78, 5) is 253. The Morgan fingerprint density at radius 1 is 0.588 bits per heavy atom. The lowest BCUT2D eigenvalue weighted by molar-refractivity contribution is -0.140. The van der Waals surface area contributed by atoms with Gasteiger partial charge in [0.15, 0.2) is 0 Å². The van der Waals surface area contributed by atoms with Crippen LogP contribution in [0, 0.1) is 0 Å². The monoisotopic (exact) mass is 1610 g/mol. The van der Waals surface area contributed by atoms with E-state index in [1.807, 2.05) is 0 Å². The highest BCUT2D eigenvalue weighted by Crippen LogP contribution is 2.24. The van der Waals surface area contributed by atoms with Crippen LogP contribution in [0.5, 0.6) is 0 Å². The first-order chi connectivity index (χ1) is 53.9. The van der Waals surface area contributed by atoms with Crippen LogP contribution in [0.15, 0.2) is 85.2 Å². The fourth-order valence-corrected chi connectivity index (χ4v) is 13.3. The molecule has 0 unspecified atom stereocenters. The molecule has 0 aliphatic carbocycles. The molecule has 0 saturated carbocycles. The smallest absolute Gasteiger partial charge is 0.335 e. The average Bonchev–Trinajstić information content (AvgIpc) is 1.54. The second-order valence-corrected chi connectivity index (χ2v) is 28.6. The second-order valence-electron chi connectivity index (χ2n) is 27.5. The van der Waals surface area contributed by atoms with Crippen LogP contribution in [-0.2, 0) is 101 Å². The van der Waals surface area contributed by atoms with Gasteiger partial charge in [-0.2, -0.15) is 11.8 Å². The molecule has 1 saturated heterocycles. The lowest BCUT2D eigenvalue weighted by atomic mass is 9.91. The number of benzene rings is 3. The van der Waals surface area contributed by atoms with E-state index in [0.29, 0.717) is 32.9 Å². The molecule has 16 amide bonds. The van der Waals surface area contributed by atoms with Crippen molar-refractivity contribution in [3.05, 3.63) is 107 Å². The molecule has 3 aromatic carbocycles. The number of aliphatic carboxylic acids is 1. The minimum Gasteiger partial charge on any atom is -0.481 e. The van der Waals surface area contributed by atoms with Crippen LogP contribution < -0.4 is 92.5 Å². The molecule has 5 aromatic rings. The highest BCUT2D eigenvalue weighted by molar-refractivity contribution is 7.99. The van der Waals surface area contributed by atoms with E-state index in [1.165, 1.54) is 43.6 Å². The molecule has 41 heteroatoms. The van der Waals surface area contributed by atoms with Crippen molar-refractivity contribution in [2.45, 2.75) is 183 Å². The molecule has 2 aromatic heterocycles. The summed E-state index contributed by atoms with van der Waals surface area (Å²) in [5, 5.41) is 61.5. The Morgan fingerprint density at radius 2 is 1.14 bits per heavy atom. The average molecular weight is 1610 g/mol. The Balaban J connectivity index is 1.45. The fourth-order valence-electron chi connectivity index (χ4n) is 12.2. The molecule has 0 bridgehead atoms. The lowest BCUT2D eigenvalue weighted by Crippen LogP contribution is -2.64. The number of unbranched alkanes of at least 4 members (excludes halogenated alkanes) is 1. The van der Waals surface area contributed by atoms with Gasteiger partial charge in [0.25, 0.3) is 0 Å². The number of aliphatic hydroxyl groups is 1. The van der Waals surface area contributed by atoms with Crippen LogP contribution in [0.1, 0.15) is 118 Å². The van der Waals surface area contributed by atoms with Gasteiger partial charge in [0.2, 0.25) is 94.5 Å². The highest BCUT2D eigenvalue weighted by atomic mass is 32.2. The number of fused-ring (bicyclic) bond motifs is 2. The van der Waals surface area contributed by atoms with Crippen LogP contribution in [-0.4, -0.2) is 228 Å². The van der Waals surface area contributed by atoms with Crippen LogP contribution in [0.3, 0.4) is 0 Å². The molecular weight excluding hydrogens is 1510 g/mol. The van der Waals surface area contributed by atoms with Gasteiger partial charge in [-0.15, -0.1) is 0 Å². The normalized spacial score (nSPS) is 19.1. The Labute approximate surface area is 656 Å². The number of carbonyl (C=O) groups is 18. The molecule has 3 heterocycles. The number of carboxylic acid groups (broad SMARTS) is 2. The van der Waals surface area contributed by atoms with E-state index < -0.39 is 249 Å². The predicted octanol–water partition coefficient (Wildman–Crippen LogP) is -5.36. The van der Waals surface area contributed by atoms with E-state index in [-0.39, 0.29) is 55.5 Å². The highest BCUT2D eigenvalue weighted by Gasteiger charge is 2.42. The van der Waals surface area contributed by atoms with Crippen LogP contribution >= 0.6 is 11.8 Å². The zero-order chi connectivity index (χ0) is 84.1. The molecule has 27 N–H and O–H groups in total. The number of carboxylic acids is 2. The van der Waals surface area contributed by atoms with Crippen LogP contribution in [0.2, 0.25) is 0 Å². The Morgan fingerprint density at radius 3 is 1.71 bits per heavy atom. The van der Waals surface area contributed by atoms with Crippen molar-refractivity contribution in [1.29, 1.82) is 0 Å². The van der Waals surface area contributed by atoms with Crippen molar-refractivity contribution in [1.82, 2.24) is 73.8 Å². The third-order valence-corrected chi connectivity index (χ3v) is 19.5. The first kappa shape index (κ1) is 90.4. The SMILES string of the molecule is CC(=O)N[C@H]1CCSC[C@@H](C(=O)N[C@@H](Cc2ccc(C(=O)O)cc2)C(=O)N[C@@H](Cc2c[nH]c3ccccc23)C(=O)N[C@@](C)(CCCCN)C(=O)N[C@@H](CCC(=O)O)C(=O)N[C@@H](CC(N)=O)C(=O)NCC(N)=O)NC(=O)[C@H](CCC(N)=O)NC(=O)[C@H](Cc2c[nH]c3ccccc23)NC(=O)[C@H]([C@@H](C)O)NC(=O)[C@H](CCC(N)=O)NC1=O. The summed E-state index contributed by atoms with van der Waals surface area (Å²) in [5.41, 5.74) is 27.3. The number of primary amides is 4.